The summed E-state index contributed by atoms with van der Waals surface area (Å²) < 4.78 is 42.9. The molecule has 28 heavy (non-hydrogen) atoms. The van der Waals surface area contributed by atoms with Crippen molar-refractivity contribution in [3.05, 3.63) is 64.3 Å². The van der Waals surface area contributed by atoms with Gasteiger partial charge in [-0.3, -0.25) is 9.69 Å². The summed E-state index contributed by atoms with van der Waals surface area (Å²) in [4.78, 5) is 18.7. The Balaban J connectivity index is 1.69. The SMILES string of the molecule is CCCN(CC(=O)Nc1ccc(F)c(F)c1F)Cc1cn2cc(Br)ccc2n1. The van der Waals surface area contributed by atoms with Gasteiger partial charge in [-0.1, -0.05) is 6.92 Å². The molecule has 0 saturated carbocycles. The van der Waals surface area contributed by atoms with Crippen LogP contribution in [0.4, 0.5) is 18.9 Å². The normalized spacial score (nSPS) is 11.4. The molecule has 1 N–H and O–H groups in total. The number of amides is 1. The molecule has 0 fully saturated rings. The predicted octanol–water partition coefficient (Wildman–Crippen LogP) is 4.36. The van der Waals surface area contributed by atoms with Crippen LogP contribution in [0.3, 0.4) is 0 Å². The lowest BCUT2D eigenvalue weighted by Crippen LogP contribution is -2.33. The van der Waals surface area contributed by atoms with E-state index in [2.05, 4.69) is 26.2 Å². The molecule has 2 heterocycles. The van der Waals surface area contributed by atoms with Crippen LogP contribution in [0, 0.1) is 17.5 Å². The van der Waals surface area contributed by atoms with Crippen LogP contribution in [0.2, 0.25) is 0 Å². The maximum absolute atomic E-state index is 13.7. The van der Waals surface area contributed by atoms with Gasteiger partial charge in [0.15, 0.2) is 17.5 Å². The molecule has 3 aromatic rings. The average Bonchev–Trinajstić information content (AvgIpc) is 3.03. The van der Waals surface area contributed by atoms with Crippen molar-refractivity contribution >= 4 is 33.2 Å². The highest BCUT2D eigenvalue weighted by atomic mass is 79.9. The van der Waals surface area contributed by atoms with Crippen LogP contribution in [0.15, 0.2) is 41.1 Å². The third kappa shape index (κ3) is 4.71. The van der Waals surface area contributed by atoms with Crippen molar-refractivity contribution in [3.63, 3.8) is 0 Å². The molecule has 3 rings (SSSR count). The van der Waals surface area contributed by atoms with E-state index >= 15 is 0 Å². The van der Waals surface area contributed by atoms with E-state index in [0.717, 1.165) is 34.4 Å². The number of rotatable bonds is 7. The third-order valence-electron chi connectivity index (χ3n) is 4.07. The zero-order valence-corrected chi connectivity index (χ0v) is 16.6. The summed E-state index contributed by atoms with van der Waals surface area (Å²) >= 11 is 3.40. The van der Waals surface area contributed by atoms with Crippen molar-refractivity contribution in [2.24, 2.45) is 0 Å². The Morgan fingerprint density at radius 2 is 1.96 bits per heavy atom. The summed E-state index contributed by atoms with van der Waals surface area (Å²) in [7, 11) is 0. The molecule has 0 unspecified atom stereocenters. The minimum atomic E-state index is -1.61. The molecule has 0 aliphatic carbocycles. The largest absolute Gasteiger partial charge is 0.322 e. The number of benzene rings is 1. The molecule has 0 aliphatic rings. The number of imidazole rings is 1. The molecule has 0 bridgehead atoms. The lowest BCUT2D eigenvalue weighted by Gasteiger charge is -2.20. The molecule has 0 spiro atoms. The number of hydrogen-bond donors (Lipinski definition) is 1. The Morgan fingerprint density at radius 1 is 1.18 bits per heavy atom. The van der Waals surface area contributed by atoms with E-state index in [4.69, 9.17) is 0 Å². The zero-order valence-electron chi connectivity index (χ0n) is 15.1. The van der Waals surface area contributed by atoms with Crippen molar-refractivity contribution in [2.45, 2.75) is 19.9 Å². The van der Waals surface area contributed by atoms with Gasteiger partial charge in [0.2, 0.25) is 5.91 Å². The fourth-order valence-corrected chi connectivity index (χ4v) is 3.22. The van der Waals surface area contributed by atoms with Crippen molar-refractivity contribution < 1.29 is 18.0 Å². The standard InChI is InChI=1S/C19H18BrF3N4O/c1-2-7-26(9-13-10-27-8-12(20)3-6-16(27)24-13)11-17(28)25-15-5-4-14(21)18(22)19(15)23/h3-6,8,10H,2,7,9,11H2,1H3,(H,25,28). The smallest absolute Gasteiger partial charge is 0.238 e. The first-order valence-electron chi connectivity index (χ1n) is 8.66. The number of nitrogens with one attached hydrogen (secondary N) is 1. The second-order valence-corrected chi connectivity index (χ2v) is 7.24. The average molecular weight is 455 g/mol. The Morgan fingerprint density at radius 3 is 2.71 bits per heavy atom. The molecule has 9 heteroatoms. The minimum Gasteiger partial charge on any atom is -0.322 e. The van der Waals surface area contributed by atoms with E-state index in [1.54, 1.807) is 0 Å². The van der Waals surface area contributed by atoms with Gasteiger partial charge in [-0.15, -0.1) is 0 Å². The topological polar surface area (TPSA) is 49.6 Å². The molecule has 1 amide bonds. The Hall–Kier alpha value is -2.39. The first-order valence-corrected chi connectivity index (χ1v) is 9.45. The highest BCUT2D eigenvalue weighted by Crippen LogP contribution is 2.20. The summed E-state index contributed by atoms with van der Waals surface area (Å²) in [5.74, 6) is -4.85. The molecule has 2 aromatic heterocycles. The number of pyridine rings is 1. The summed E-state index contributed by atoms with van der Waals surface area (Å²) in [5, 5.41) is 2.29. The second kappa shape index (κ2) is 8.74. The lowest BCUT2D eigenvalue weighted by atomic mass is 10.2. The molecule has 0 aliphatic heterocycles. The molecular formula is C19H18BrF3N4O. The van der Waals surface area contributed by atoms with E-state index in [9.17, 15) is 18.0 Å². The van der Waals surface area contributed by atoms with E-state index in [-0.39, 0.29) is 6.54 Å². The third-order valence-corrected chi connectivity index (χ3v) is 4.54. The van der Waals surface area contributed by atoms with Gasteiger partial charge in [0.25, 0.3) is 0 Å². The first-order chi connectivity index (χ1) is 13.4. The summed E-state index contributed by atoms with van der Waals surface area (Å²) in [6.07, 6.45) is 4.55. The molecule has 5 nitrogen and oxygen atoms in total. The number of fused-ring (bicyclic) bond motifs is 1. The Bertz CT molecular complexity index is 1010. The number of carbonyl (C=O) groups is 1. The number of nitrogens with zero attached hydrogens (tertiary/aromatic N) is 3. The number of carbonyl (C=O) groups excluding carboxylic acids is 1. The highest BCUT2D eigenvalue weighted by Gasteiger charge is 2.17. The van der Waals surface area contributed by atoms with E-state index in [0.29, 0.717) is 13.1 Å². The molecular weight excluding hydrogens is 437 g/mol. The van der Waals surface area contributed by atoms with Gasteiger partial charge in [-0.05, 0) is 53.2 Å². The van der Waals surface area contributed by atoms with Crippen LogP contribution in [-0.4, -0.2) is 33.3 Å². The maximum atomic E-state index is 13.7. The van der Waals surface area contributed by atoms with Crippen molar-refractivity contribution in [1.82, 2.24) is 14.3 Å². The van der Waals surface area contributed by atoms with Crippen LogP contribution >= 0.6 is 15.9 Å². The van der Waals surface area contributed by atoms with Gasteiger partial charge in [-0.25, -0.2) is 18.2 Å². The Labute approximate surface area is 168 Å². The first kappa shape index (κ1) is 20.3. The lowest BCUT2D eigenvalue weighted by molar-refractivity contribution is -0.117. The molecule has 1 aromatic carbocycles. The van der Waals surface area contributed by atoms with Crippen LogP contribution in [-0.2, 0) is 11.3 Å². The van der Waals surface area contributed by atoms with Crippen molar-refractivity contribution in [3.8, 4) is 0 Å². The molecule has 0 atom stereocenters. The van der Waals surface area contributed by atoms with Crippen molar-refractivity contribution in [2.75, 3.05) is 18.4 Å². The zero-order chi connectivity index (χ0) is 20.3. The van der Waals surface area contributed by atoms with Crippen LogP contribution in [0.5, 0.6) is 0 Å². The van der Waals surface area contributed by atoms with Gasteiger partial charge in [0.05, 0.1) is 17.9 Å². The molecule has 0 saturated heterocycles. The van der Waals surface area contributed by atoms with E-state index < -0.39 is 29.0 Å². The number of anilines is 1. The highest BCUT2D eigenvalue weighted by molar-refractivity contribution is 9.10. The van der Waals surface area contributed by atoms with Crippen LogP contribution in [0.1, 0.15) is 19.0 Å². The Kier molecular flexibility index (Phi) is 6.35. The van der Waals surface area contributed by atoms with E-state index in [1.165, 1.54) is 0 Å². The van der Waals surface area contributed by atoms with Gasteiger partial charge >= 0.3 is 0 Å². The maximum Gasteiger partial charge on any atom is 0.238 e. The monoisotopic (exact) mass is 454 g/mol. The second-order valence-electron chi connectivity index (χ2n) is 6.33. The predicted molar refractivity (Wildman–Crippen MR) is 103 cm³/mol. The summed E-state index contributed by atoms with van der Waals surface area (Å²) in [6, 6.07) is 5.53. The molecule has 148 valence electrons. The summed E-state index contributed by atoms with van der Waals surface area (Å²) in [6.45, 7) is 2.97. The number of aromatic nitrogens is 2. The fraction of sp³-hybridized carbons (Fsp3) is 0.263. The van der Waals surface area contributed by atoms with Crippen LogP contribution in [0.25, 0.3) is 5.65 Å². The van der Waals surface area contributed by atoms with Gasteiger partial charge in [0, 0.05) is 23.4 Å². The fourth-order valence-electron chi connectivity index (χ4n) is 2.87. The van der Waals surface area contributed by atoms with Crippen molar-refractivity contribution in [1.29, 1.82) is 0 Å². The summed E-state index contributed by atoms with van der Waals surface area (Å²) in [5.41, 5.74) is 1.17. The molecule has 0 radical (unpaired) electrons. The number of halogens is 4. The van der Waals surface area contributed by atoms with Crippen LogP contribution < -0.4 is 5.32 Å². The van der Waals surface area contributed by atoms with Gasteiger partial charge in [0.1, 0.15) is 5.65 Å². The van der Waals surface area contributed by atoms with Gasteiger partial charge in [-0.2, -0.15) is 0 Å². The quantitative estimate of drug-likeness (QED) is 0.539. The van der Waals surface area contributed by atoms with E-state index in [1.807, 2.05) is 40.8 Å². The van der Waals surface area contributed by atoms with Gasteiger partial charge < -0.3 is 9.72 Å². The minimum absolute atomic E-state index is 0.0379. The number of hydrogen-bond acceptors (Lipinski definition) is 3.